The van der Waals surface area contributed by atoms with E-state index in [1.807, 2.05) is 32.0 Å². The Bertz CT molecular complexity index is 946. The van der Waals surface area contributed by atoms with Gasteiger partial charge in [0.1, 0.15) is 10.6 Å². The third kappa shape index (κ3) is 3.91. The van der Waals surface area contributed by atoms with Crippen LogP contribution in [0.2, 0.25) is 0 Å². The first-order valence-corrected chi connectivity index (χ1v) is 10.5. The number of sulfonamides is 1. The summed E-state index contributed by atoms with van der Waals surface area (Å²) in [5.74, 6) is -0.276. The molecule has 3 rings (SSSR count). The van der Waals surface area contributed by atoms with Gasteiger partial charge in [0, 0.05) is 18.8 Å². The SMILES string of the molecule is Cc1ccc(NC(=O)C2CCCN(S(=O)(=O)c3c(C)noc3C)C2)cc1C. The van der Waals surface area contributed by atoms with Gasteiger partial charge in [-0.15, -0.1) is 0 Å². The van der Waals surface area contributed by atoms with Gasteiger partial charge in [-0.3, -0.25) is 4.79 Å². The summed E-state index contributed by atoms with van der Waals surface area (Å²) >= 11 is 0. The molecule has 1 fully saturated rings. The van der Waals surface area contributed by atoms with Gasteiger partial charge in [-0.1, -0.05) is 11.2 Å². The van der Waals surface area contributed by atoms with Gasteiger partial charge in [-0.05, 0) is 63.8 Å². The number of benzene rings is 1. The quantitative estimate of drug-likeness (QED) is 0.865. The van der Waals surface area contributed by atoms with E-state index in [9.17, 15) is 13.2 Å². The Kier molecular flexibility index (Phi) is 5.39. The zero-order chi connectivity index (χ0) is 19.8. The smallest absolute Gasteiger partial charge is 0.248 e. The number of carbonyl (C=O) groups excluding carboxylic acids is 1. The average molecular weight is 391 g/mol. The molecule has 0 radical (unpaired) electrons. The molecule has 1 unspecified atom stereocenters. The fourth-order valence-corrected chi connectivity index (χ4v) is 5.23. The summed E-state index contributed by atoms with van der Waals surface area (Å²) in [4.78, 5) is 12.8. The summed E-state index contributed by atoms with van der Waals surface area (Å²) < 4.78 is 32.4. The van der Waals surface area contributed by atoms with Crippen LogP contribution >= 0.6 is 0 Å². The molecule has 146 valence electrons. The van der Waals surface area contributed by atoms with E-state index in [1.165, 1.54) is 4.31 Å². The van der Waals surface area contributed by atoms with E-state index in [-0.39, 0.29) is 23.1 Å². The maximum Gasteiger partial charge on any atom is 0.248 e. The van der Waals surface area contributed by atoms with Crippen LogP contribution in [0.5, 0.6) is 0 Å². The van der Waals surface area contributed by atoms with Crippen molar-refractivity contribution in [2.45, 2.75) is 45.4 Å². The van der Waals surface area contributed by atoms with Gasteiger partial charge in [0.05, 0.1) is 5.92 Å². The lowest BCUT2D eigenvalue weighted by atomic mass is 9.98. The molecule has 1 amide bonds. The molecular weight excluding hydrogens is 366 g/mol. The third-order valence-corrected chi connectivity index (χ3v) is 7.21. The van der Waals surface area contributed by atoms with Gasteiger partial charge in [0.15, 0.2) is 5.76 Å². The van der Waals surface area contributed by atoms with E-state index in [0.717, 1.165) is 16.8 Å². The van der Waals surface area contributed by atoms with Crippen molar-refractivity contribution in [3.63, 3.8) is 0 Å². The zero-order valence-corrected chi connectivity index (χ0v) is 16.9. The van der Waals surface area contributed by atoms with Gasteiger partial charge in [-0.25, -0.2) is 8.42 Å². The Balaban J connectivity index is 1.75. The number of aryl methyl sites for hydroxylation is 4. The predicted molar refractivity (Wildman–Crippen MR) is 102 cm³/mol. The second-order valence-electron chi connectivity index (χ2n) is 7.14. The van der Waals surface area contributed by atoms with Gasteiger partial charge in [-0.2, -0.15) is 4.31 Å². The highest BCUT2D eigenvalue weighted by Gasteiger charge is 2.36. The Labute approximate surface area is 159 Å². The molecule has 8 heteroatoms. The van der Waals surface area contributed by atoms with E-state index in [2.05, 4.69) is 10.5 Å². The topological polar surface area (TPSA) is 92.5 Å². The fraction of sp³-hybridized carbons (Fsp3) is 0.474. The van der Waals surface area contributed by atoms with Crippen LogP contribution in [0.3, 0.4) is 0 Å². The highest BCUT2D eigenvalue weighted by atomic mass is 32.2. The van der Waals surface area contributed by atoms with Crippen LogP contribution in [0, 0.1) is 33.6 Å². The highest BCUT2D eigenvalue weighted by molar-refractivity contribution is 7.89. The summed E-state index contributed by atoms with van der Waals surface area (Å²) in [6, 6.07) is 5.75. The number of carbonyl (C=O) groups is 1. The molecule has 1 aliphatic heterocycles. The first-order valence-electron chi connectivity index (χ1n) is 9.01. The minimum Gasteiger partial charge on any atom is -0.360 e. The third-order valence-electron chi connectivity index (χ3n) is 5.10. The molecule has 2 heterocycles. The van der Waals surface area contributed by atoms with Crippen LogP contribution in [0.1, 0.15) is 35.4 Å². The summed E-state index contributed by atoms with van der Waals surface area (Å²) in [5.41, 5.74) is 3.32. The number of aromatic nitrogens is 1. The lowest BCUT2D eigenvalue weighted by Crippen LogP contribution is -2.43. The number of anilines is 1. The molecule has 1 saturated heterocycles. The first kappa shape index (κ1) is 19.6. The number of nitrogens with one attached hydrogen (secondary N) is 1. The molecule has 0 bridgehead atoms. The number of hydrogen-bond donors (Lipinski definition) is 1. The van der Waals surface area contributed by atoms with Crippen LogP contribution in [0.15, 0.2) is 27.6 Å². The lowest BCUT2D eigenvalue weighted by molar-refractivity contribution is -0.120. The minimum absolute atomic E-state index is 0.109. The Morgan fingerprint density at radius 2 is 1.96 bits per heavy atom. The zero-order valence-electron chi connectivity index (χ0n) is 16.1. The minimum atomic E-state index is -3.73. The van der Waals surface area contributed by atoms with Crippen molar-refractivity contribution in [1.29, 1.82) is 0 Å². The molecule has 0 spiro atoms. The molecule has 0 aliphatic carbocycles. The van der Waals surface area contributed by atoms with E-state index < -0.39 is 15.9 Å². The summed E-state index contributed by atoms with van der Waals surface area (Å²) in [7, 11) is -3.73. The largest absolute Gasteiger partial charge is 0.360 e. The number of amides is 1. The molecular formula is C19H25N3O4S. The molecule has 2 aromatic rings. The van der Waals surface area contributed by atoms with Crippen LogP contribution in [0.4, 0.5) is 5.69 Å². The predicted octanol–water partition coefficient (Wildman–Crippen LogP) is 2.95. The van der Waals surface area contributed by atoms with Crippen LogP contribution in [-0.4, -0.2) is 36.9 Å². The molecule has 1 aromatic carbocycles. The van der Waals surface area contributed by atoms with Crippen molar-refractivity contribution in [1.82, 2.24) is 9.46 Å². The maximum atomic E-state index is 13.0. The second-order valence-corrected chi connectivity index (χ2v) is 9.02. The van der Waals surface area contributed by atoms with Crippen molar-refractivity contribution < 1.29 is 17.7 Å². The highest BCUT2D eigenvalue weighted by Crippen LogP contribution is 2.28. The summed E-state index contributed by atoms with van der Waals surface area (Å²) in [6.07, 6.45) is 1.29. The first-order chi connectivity index (χ1) is 12.7. The standard InChI is InChI=1S/C19H25N3O4S/c1-12-7-8-17(10-13(12)2)20-19(23)16-6-5-9-22(11-16)27(24,25)18-14(3)21-26-15(18)4/h7-8,10,16H,5-6,9,11H2,1-4H3,(H,20,23). The average Bonchev–Trinajstić information content (AvgIpc) is 2.97. The molecule has 0 saturated carbocycles. The number of hydrogen-bond acceptors (Lipinski definition) is 5. The molecule has 1 aliphatic rings. The van der Waals surface area contributed by atoms with Gasteiger partial charge < -0.3 is 9.84 Å². The lowest BCUT2D eigenvalue weighted by Gasteiger charge is -2.31. The monoisotopic (exact) mass is 391 g/mol. The van der Waals surface area contributed by atoms with E-state index >= 15 is 0 Å². The van der Waals surface area contributed by atoms with Gasteiger partial charge in [0.25, 0.3) is 0 Å². The molecule has 1 N–H and O–H groups in total. The Hall–Kier alpha value is -2.19. The summed E-state index contributed by atoms with van der Waals surface area (Å²) in [5, 5.41) is 6.66. The van der Waals surface area contributed by atoms with Gasteiger partial charge in [0.2, 0.25) is 15.9 Å². The van der Waals surface area contributed by atoms with Crippen molar-refractivity contribution in [3.8, 4) is 0 Å². The van der Waals surface area contributed by atoms with Crippen molar-refractivity contribution in [3.05, 3.63) is 40.8 Å². The Morgan fingerprint density at radius 3 is 2.59 bits per heavy atom. The Morgan fingerprint density at radius 1 is 1.22 bits per heavy atom. The maximum absolute atomic E-state index is 13.0. The number of nitrogens with zero attached hydrogens (tertiary/aromatic N) is 2. The second kappa shape index (κ2) is 7.44. The molecule has 1 atom stereocenters. The van der Waals surface area contributed by atoms with E-state index in [1.54, 1.807) is 13.8 Å². The molecule has 1 aromatic heterocycles. The number of piperidine rings is 1. The van der Waals surface area contributed by atoms with Crippen molar-refractivity contribution in [2.24, 2.45) is 5.92 Å². The van der Waals surface area contributed by atoms with E-state index in [0.29, 0.717) is 25.1 Å². The van der Waals surface area contributed by atoms with Crippen LogP contribution < -0.4 is 5.32 Å². The van der Waals surface area contributed by atoms with Crippen LogP contribution in [-0.2, 0) is 14.8 Å². The van der Waals surface area contributed by atoms with E-state index in [4.69, 9.17) is 4.52 Å². The van der Waals surface area contributed by atoms with Crippen LogP contribution in [0.25, 0.3) is 0 Å². The normalized spacial score (nSPS) is 18.4. The molecule has 7 nitrogen and oxygen atoms in total. The summed E-state index contributed by atoms with van der Waals surface area (Å²) in [6.45, 7) is 7.74. The van der Waals surface area contributed by atoms with Crippen molar-refractivity contribution in [2.75, 3.05) is 18.4 Å². The molecule has 27 heavy (non-hydrogen) atoms. The number of rotatable bonds is 4. The van der Waals surface area contributed by atoms with Gasteiger partial charge >= 0.3 is 0 Å². The van der Waals surface area contributed by atoms with Crippen molar-refractivity contribution >= 4 is 21.6 Å². The fourth-order valence-electron chi connectivity index (χ4n) is 3.41.